The predicted molar refractivity (Wildman–Crippen MR) is 92.0 cm³/mol. The highest BCUT2D eigenvalue weighted by Gasteiger charge is 2.13. The van der Waals surface area contributed by atoms with Crippen molar-refractivity contribution in [2.45, 2.75) is 11.9 Å². The molecule has 4 nitrogen and oxygen atoms in total. The van der Waals surface area contributed by atoms with Crippen LogP contribution < -0.4 is 0 Å². The highest BCUT2D eigenvalue weighted by molar-refractivity contribution is 8.00. The maximum Gasteiger partial charge on any atom is 0.233 e. The van der Waals surface area contributed by atoms with Crippen molar-refractivity contribution < 1.29 is 4.79 Å². The summed E-state index contributed by atoms with van der Waals surface area (Å²) in [6.45, 7) is 10.3. The van der Waals surface area contributed by atoms with E-state index in [9.17, 15) is 4.79 Å². The Hall–Kier alpha value is -2.14. The molecule has 1 amide bonds. The summed E-state index contributed by atoms with van der Waals surface area (Å²) >= 11 is 1.44. The Kier molecular flexibility index (Phi) is 5.72. The van der Waals surface area contributed by atoms with Crippen molar-refractivity contribution in [3.63, 3.8) is 0 Å². The summed E-state index contributed by atoms with van der Waals surface area (Å²) in [5.41, 5.74) is 0.902. The van der Waals surface area contributed by atoms with Gasteiger partial charge in [0.05, 0.1) is 11.3 Å². The fourth-order valence-electron chi connectivity index (χ4n) is 2.08. The van der Waals surface area contributed by atoms with E-state index in [2.05, 4.69) is 23.1 Å². The van der Waals surface area contributed by atoms with Gasteiger partial charge in [0.15, 0.2) is 0 Å². The third-order valence-electron chi connectivity index (χ3n) is 3.06. The van der Waals surface area contributed by atoms with Gasteiger partial charge in [-0.3, -0.25) is 4.79 Å². The van der Waals surface area contributed by atoms with Gasteiger partial charge >= 0.3 is 0 Å². The second kappa shape index (κ2) is 7.75. The zero-order valence-corrected chi connectivity index (χ0v) is 13.5. The second-order valence-corrected chi connectivity index (χ2v) is 5.72. The molecule has 1 aromatic carbocycles. The highest BCUT2D eigenvalue weighted by atomic mass is 32.2. The lowest BCUT2D eigenvalue weighted by molar-refractivity contribution is -0.127. The number of hydrogen-bond acceptors (Lipinski definition) is 4. The van der Waals surface area contributed by atoms with E-state index in [1.807, 2.05) is 31.2 Å². The monoisotopic (exact) mass is 313 g/mol. The molecule has 0 aliphatic carbocycles. The number of para-hydroxylation sites is 1. The topological polar surface area (TPSA) is 46.1 Å². The molecule has 0 aliphatic rings. The highest BCUT2D eigenvalue weighted by Crippen LogP contribution is 2.25. The molecule has 0 fully saturated rings. The number of nitrogens with zero attached hydrogens (tertiary/aromatic N) is 3. The first-order valence-electron chi connectivity index (χ1n) is 7.01. The van der Waals surface area contributed by atoms with E-state index in [0.717, 1.165) is 15.9 Å². The quantitative estimate of drug-likeness (QED) is 0.447. The molecule has 0 unspecified atom stereocenters. The fourth-order valence-corrected chi connectivity index (χ4v) is 3.05. The number of carbonyl (C=O) groups is 1. The predicted octanol–water partition coefficient (Wildman–Crippen LogP) is 3.23. The van der Waals surface area contributed by atoms with Gasteiger partial charge in [-0.05, 0) is 13.0 Å². The lowest BCUT2D eigenvalue weighted by Crippen LogP contribution is -2.32. The zero-order chi connectivity index (χ0) is 15.9. The van der Waals surface area contributed by atoms with Gasteiger partial charge in [-0.15, -0.1) is 13.2 Å². The van der Waals surface area contributed by atoms with E-state index in [1.165, 1.54) is 11.8 Å². The van der Waals surface area contributed by atoms with E-state index in [4.69, 9.17) is 0 Å². The third-order valence-corrected chi connectivity index (χ3v) is 4.04. The van der Waals surface area contributed by atoms with Gasteiger partial charge in [-0.1, -0.05) is 42.1 Å². The smallest absolute Gasteiger partial charge is 0.233 e. The molecule has 1 heterocycles. The van der Waals surface area contributed by atoms with Crippen LogP contribution in [0, 0.1) is 6.92 Å². The Balaban J connectivity index is 2.15. The first kappa shape index (κ1) is 16.2. The minimum absolute atomic E-state index is 0.0464. The van der Waals surface area contributed by atoms with Crippen molar-refractivity contribution in [2.75, 3.05) is 18.8 Å². The molecule has 0 aliphatic heterocycles. The van der Waals surface area contributed by atoms with Gasteiger partial charge in [-0.25, -0.2) is 9.97 Å². The van der Waals surface area contributed by atoms with Crippen LogP contribution >= 0.6 is 11.8 Å². The molecule has 0 spiro atoms. The number of thioether (sulfide) groups is 1. The molecular formula is C17H19N3OS. The van der Waals surface area contributed by atoms with Gasteiger partial charge in [0.2, 0.25) is 5.91 Å². The first-order chi connectivity index (χ1) is 10.7. The van der Waals surface area contributed by atoms with Crippen LogP contribution in [0.15, 0.2) is 54.6 Å². The van der Waals surface area contributed by atoms with Crippen LogP contribution in [0.2, 0.25) is 0 Å². The van der Waals surface area contributed by atoms with E-state index >= 15 is 0 Å². The van der Waals surface area contributed by atoms with E-state index in [0.29, 0.717) is 24.7 Å². The average molecular weight is 313 g/mol. The Bertz CT molecular complexity index is 689. The fraction of sp³-hybridized carbons (Fsp3) is 0.235. The van der Waals surface area contributed by atoms with Crippen molar-refractivity contribution >= 4 is 28.6 Å². The molecule has 0 saturated heterocycles. The minimum Gasteiger partial charge on any atom is -0.335 e. The maximum absolute atomic E-state index is 12.3. The molecule has 0 N–H and O–H groups in total. The Morgan fingerprint density at radius 2 is 1.91 bits per heavy atom. The summed E-state index contributed by atoms with van der Waals surface area (Å²) in [7, 11) is 0. The molecule has 0 bridgehead atoms. The van der Waals surface area contributed by atoms with Crippen LogP contribution in [0.1, 0.15) is 5.82 Å². The van der Waals surface area contributed by atoms with Crippen LogP contribution in [-0.2, 0) is 4.79 Å². The Labute approximate surface area is 135 Å². The molecule has 0 saturated carbocycles. The lowest BCUT2D eigenvalue weighted by atomic mass is 10.2. The number of amides is 1. The van der Waals surface area contributed by atoms with Crippen molar-refractivity contribution in [1.82, 2.24) is 14.9 Å². The van der Waals surface area contributed by atoms with Gasteiger partial charge in [0.1, 0.15) is 10.9 Å². The van der Waals surface area contributed by atoms with Crippen LogP contribution in [-0.4, -0.2) is 39.6 Å². The first-order valence-corrected chi connectivity index (χ1v) is 8.00. The molecule has 22 heavy (non-hydrogen) atoms. The number of aryl methyl sites for hydroxylation is 1. The average Bonchev–Trinajstić information content (AvgIpc) is 2.52. The van der Waals surface area contributed by atoms with Gasteiger partial charge < -0.3 is 4.90 Å². The zero-order valence-electron chi connectivity index (χ0n) is 12.7. The van der Waals surface area contributed by atoms with Crippen LogP contribution in [0.3, 0.4) is 0 Å². The maximum atomic E-state index is 12.3. The summed E-state index contributed by atoms with van der Waals surface area (Å²) in [5, 5.41) is 1.82. The van der Waals surface area contributed by atoms with Crippen LogP contribution in [0.5, 0.6) is 0 Å². The number of benzene rings is 1. The number of hydrogen-bond donors (Lipinski definition) is 0. The summed E-state index contributed by atoms with van der Waals surface area (Å²) in [5.74, 6) is 1.09. The van der Waals surface area contributed by atoms with Crippen molar-refractivity contribution in [2.24, 2.45) is 0 Å². The van der Waals surface area contributed by atoms with Crippen LogP contribution in [0.25, 0.3) is 10.9 Å². The lowest BCUT2D eigenvalue weighted by Gasteiger charge is -2.19. The van der Waals surface area contributed by atoms with E-state index < -0.39 is 0 Å². The van der Waals surface area contributed by atoms with Gasteiger partial charge in [-0.2, -0.15) is 0 Å². The normalized spacial score (nSPS) is 10.4. The summed E-state index contributed by atoms with van der Waals surface area (Å²) < 4.78 is 0. The minimum atomic E-state index is 0.0464. The third kappa shape index (κ3) is 3.95. The summed E-state index contributed by atoms with van der Waals surface area (Å²) in [4.78, 5) is 22.9. The van der Waals surface area contributed by atoms with Crippen LogP contribution in [0.4, 0.5) is 0 Å². The molecule has 1 aromatic heterocycles. The standard InChI is InChI=1S/C17H19N3OS/c1-4-10-20(11-5-2)16(21)12-22-17-14-8-6-7-9-15(14)18-13(3)19-17/h4-9H,1-2,10-12H2,3H3. The van der Waals surface area contributed by atoms with E-state index in [-0.39, 0.29) is 5.91 Å². The van der Waals surface area contributed by atoms with Gasteiger partial charge in [0.25, 0.3) is 0 Å². The van der Waals surface area contributed by atoms with Crippen molar-refractivity contribution in [1.29, 1.82) is 0 Å². The molecule has 0 radical (unpaired) electrons. The van der Waals surface area contributed by atoms with Crippen molar-refractivity contribution in [3.8, 4) is 0 Å². The molecule has 5 heteroatoms. The largest absolute Gasteiger partial charge is 0.335 e. The Morgan fingerprint density at radius 1 is 1.23 bits per heavy atom. The number of carbonyl (C=O) groups excluding carboxylic acids is 1. The van der Waals surface area contributed by atoms with Gasteiger partial charge in [0, 0.05) is 18.5 Å². The molecular weight excluding hydrogens is 294 g/mol. The summed E-state index contributed by atoms with van der Waals surface area (Å²) in [6, 6.07) is 7.84. The second-order valence-electron chi connectivity index (χ2n) is 4.76. The molecule has 0 atom stereocenters. The molecule has 2 rings (SSSR count). The SMILES string of the molecule is C=CCN(CC=C)C(=O)CSc1nc(C)nc2ccccc12. The Morgan fingerprint density at radius 3 is 2.59 bits per heavy atom. The molecule has 114 valence electrons. The number of rotatable bonds is 7. The number of fused-ring (bicyclic) bond motifs is 1. The van der Waals surface area contributed by atoms with Crippen molar-refractivity contribution in [3.05, 3.63) is 55.4 Å². The number of aromatic nitrogens is 2. The molecule has 2 aromatic rings. The summed E-state index contributed by atoms with van der Waals surface area (Å²) in [6.07, 6.45) is 3.44. The van der Waals surface area contributed by atoms with E-state index in [1.54, 1.807) is 17.1 Å².